The molecule has 4 nitrogen and oxygen atoms in total. The molecule has 3 rings (SSSR count). The van der Waals surface area contributed by atoms with Gasteiger partial charge >= 0.3 is 0 Å². The van der Waals surface area contributed by atoms with Gasteiger partial charge in [0.15, 0.2) is 0 Å². The van der Waals surface area contributed by atoms with Crippen molar-refractivity contribution < 1.29 is 8.42 Å². The zero-order chi connectivity index (χ0) is 14.0. The molecule has 112 valence electrons. The van der Waals surface area contributed by atoms with E-state index in [1.807, 2.05) is 0 Å². The number of aryl methyl sites for hydroxylation is 1. The fraction of sp³-hybridized carbons (Fsp3) is 0.714. The van der Waals surface area contributed by atoms with E-state index in [1.54, 1.807) is 11.3 Å². The van der Waals surface area contributed by atoms with Crippen molar-refractivity contribution in [1.82, 2.24) is 10.0 Å². The minimum Gasteiger partial charge on any atom is -0.316 e. The Morgan fingerprint density at radius 3 is 3.05 bits per heavy atom. The number of hydrogen-bond acceptors (Lipinski definition) is 4. The van der Waals surface area contributed by atoms with Crippen LogP contribution in [0.25, 0.3) is 0 Å². The highest BCUT2D eigenvalue weighted by molar-refractivity contribution is 7.89. The van der Waals surface area contributed by atoms with E-state index in [9.17, 15) is 8.42 Å². The Morgan fingerprint density at radius 1 is 1.35 bits per heavy atom. The van der Waals surface area contributed by atoms with Gasteiger partial charge in [-0.05, 0) is 68.1 Å². The quantitative estimate of drug-likeness (QED) is 0.894. The number of piperidine rings is 1. The van der Waals surface area contributed by atoms with Gasteiger partial charge in [-0.15, -0.1) is 11.3 Å². The summed E-state index contributed by atoms with van der Waals surface area (Å²) in [5.74, 6) is 0.516. The summed E-state index contributed by atoms with van der Waals surface area (Å²) in [6.07, 6.45) is 5.19. The molecule has 1 aromatic rings. The summed E-state index contributed by atoms with van der Waals surface area (Å²) in [7, 11) is -3.19. The molecule has 20 heavy (non-hydrogen) atoms. The molecule has 0 amide bonds. The average Bonchev–Trinajstić information content (AvgIpc) is 2.88. The normalized spacial score (nSPS) is 27.2. The highest BCUT2D eigenvalue weighted by atomic mass is 32.2. The fourth-order valence-electron chi connectivity index (χ4n) is 3.25. The highest BCUT2D eigenvalue weighted by Gasteiger charge is 2.27. The van der Waals surface area contributed by atoms with Crippen LogP contribution in [-0.2, 0) is 16.4 Å². The van der Waals surface area contributed by atoms with E-state index in [2.05, 4.69) is 21.5 Å². The van der Waals surface area contributed by atoms with Crippen molar-refractivity contribution in [2.45, 2.75) is 38.1 Å². The third kappa shape index (κ3) is 3.42. The molecule has 0 spiro atoms. The lowest BCUT2D eigenvalue weighted by atomic mass is 9.95. The van der Waals surface area contributed by atoms with Crippen LogP contribution >= 0.6 is 11.3 Å². The molecule has 0 radical (unpaired) electrons. The van der Waals surface area contributed by atoms with Crippen molar-refractivity contribution in [3.63, 3.8) is 0 Å². The van der Waals surface area contributed by atoms with E-state index in [4.69, 9.17) is 0 Å². The van der Waals surface area contributed by atoms with Gasteiger partial charge in [0, 0.05) is 10.9 Å². The number of rotatable bonds is 4. The Labute approximate surface area is 125 Å². The Morgan fingerprint density at radius 2 is 2.25 bits per heavy atom. The maximum Gasteiger partial charge on any atom is 0.212 e. The van der Waals surface area contributed by atoms with Crippen LogP contribution in [0.4, 0.5) is 0 Å². The summed E-state index contributed by atoms with van der Waals surface area (Å²) in [5, 5.41) is 5.35. The fourth-order valence-corrected chi connectivity index (χ4v) is 5.92. The second-order valence-corrected chi connectivity index (χ2v) is 8.65. The molecule has 0 aromatic carbocycles. The summed E-state index contributed by atoms with van der Waals surface area (Å²) in [4.78, 5) is 1.35. The molecule has 2 heterocycles. The molecule has 6 heteroatoms. The highest BCUT2D eigenvalue weighted by Crippen LogP contribution is 2.33. The van der Waals surface area contributed by atoms with Crippen molar-refractivity contribution in [2.24, 2.45) is 5.92 Å². The van der Waals surface area contributed by atoms with Crippen molar-refractivity contribution in [3.05, 3.63) is 21.9 Å². The van der Waals surface area contributed by atoms with Crippen LogP contribution in [0.1, 0.15) is 42.2 Å². The first-order valence-electron chi connectivity index (χ1n) is 7.41. The second kappa shape index (κ2) is 6.13. The number of hydrogen-bond donors (Lipinski definition) is 2. The number of nitrogens with one attached hydrogen (secondary N) is 2. The summed E-state index contributed by atoms with van der Waals surface area (Å²) in [6, 6.07) is 2.07. The van der Waals surface area contributed by atoms with E-state index in [1.165, 1.54) is 10.4 Å². The molecule has 1 saturated heterocycles. The number of sulfonamides is 1. The molecule has 1 aliphatic heterocycles. The van der Waals surface area contributed by atoms with Gasteiger partial charge < -0.3 is 5.32 Å². The zero-order valence-electron chi connectivity index (χ0n) is 11.6. The largest absolute Gasteiger partial charge is 0.316 e. The van der Waals surface area contributed by atoms with Gasteiger partial charge in [0.2, 0.25) is 10.0 Å². The minimum absolute atomic E-state index is 0.00782. The maximum atomic E-state index is 12.4. The SMILES string of the molecule is O=S(=O)(CC1CCCNC1)NC1CCCc2sccc21. The van der Waals surface area contributed by atoms with E-state index in [0.29, 0.717) is 0 Å². The molecule has 1 aromatic heterocycles. The summed E-state index contributed by atoms with van der Waals surface area (Å²) < 4.78 is 27.7. The third-order valence-corrected chi connectivity index (χ3v) is 6.78. The van der Waals surface area contributed by atoms with Crippen LogP contribution in [0.5, 0.6) is 0 Å². The molecule has 2 N–H and O–H groups in total. The van der Waals surface area contributed by atoms with Gasteiger partial charge in [-0.25, -0.2) is 13.1 Å². The van der Waals surface area contributed by atoms with Crippen LogP contribution in [0.3, 0.4) is 0 Å². The Bertz CT molecular complexity index is 547. The Hall–Kier alpha value is -0.430. The van der Waals surface area contributed by atoms with Gasteiger partial charge in [-0.1, -0.05) is 0 Å². The molecular formula is C14H22N2O2S2. The first-order valence-corrected chi connectivity index (χ1v) is 9.94. The van der Waals surface area contributed by atoms with E-state index >= 15 is 0 Å². The van der Waals surface area contributed by atoms with E-state index in [-0.39, 0.29) is 17.7 Å². The van der Waals surface area contributed by atoms with Crippen molar-refractivity contribution in [1.29, 1.82) is 0 Å². The van der Waals surface area contributed by atoms with Crippen LogP contribution in [-0.4, -0.2) is 27.3 Å². The Balaban J connectivity index is 1.65. The molecular weight excluding hydrogens is 292 g/mol. The molecule has 2 atom stereocenters. The van der Waals surface area contributed by atoms with Crippen molar-refractivity contribution in [3.8, 4) is 0 Å². The van der Waals surface area contributed by atoms with E-state index in [0.717, 1.165) is 45.2 Å². The lowest BCUT2D eigenvalue weighted by Crippen LogP contribution is -2.39. The summed E-state index contributed by atoms with van der Waals surface area (Å²) in [5.41, 5.74) is 1.20. The average molecular weight is 314 g/mol. The first kappa shape index (κ1) is 14.5. The molecule has 2 unspecified atom stereocenters. The molecule has 2 aliphatic rings. The monoisotopic (exact) mass is 314 g/mol. The predicted octanol–water partition coefficient (Wildman–Crippen LogP) is 2.04. The van der Waals surface area contributed by atoms with Gasteiger partial charge in [-0.2, -0.15) is 0 Å². The van der Waals surface area contributed by atoms with Crippen molar-refractivity contribution in [2.75, 3.05) is 18.8 Å². The van der Waals surface area contributed by atoms with E-state index < -0.39 is 10.0 Å². The predicted molar refractivity (Wildman–Crippen MR) is 82.5 cm³/mol. The molecule has 0 saturated carbocycles. The number of thiophene rings is 1. The third-order valence-electron chi connectivity index (χ3n) is 4.23. The smallest absolute Gasteiger partial charge is 0.212 e. The second-order valence-electron chi connectivity index (χ2n) is 5.86. The topological polar surface area (TPSA) is 58.2 Å². The summed E-state index contributed by atoms with van der Waals surface area (Å²) >= 11 is 1.75. The Kier molecular flexibility index (Phi) is 4.45. The molecule has 0 bridgehead atoms. The van der Waals surface area contributed by atoms with Crippen LogP contribution < -0.4 is 10.0 Å². The van der Waals surface area contributed by atoms with Crippen LogP contribution in [0.15, 0.2) is 11.4 Å². The molecule has 1 aliphatic carbocycles. The van der Waals surface area contributed by atoms with Crippen LogP contribution in [0.2, 0.25) is 0 Å². The molecule has 1 fully saturated rings. The minimum atomic E-state index is -3.19. The zero-order valence-corrected chi connectivity index (χ0v) is 13.2. The van der Waals surface area contributed by atoms with Gasteiger partial charge in [0.25, 0.3) is 0 Å². The lowest BCUT2D eigenvalue weighted by Gasteiger charge is -2.26. The van der Waals surface area contributed by atoms with Crippen LogP contribution in [0, 0.1) is 5.92 Å². The van der Waals surface area contributed by atoms with Gasteiger partial charge in [0.1, 0.15) is 0 Å². The number of fused-ring (bicyclic) bond motifs is 1. The van der Waals surface area contributed by atoms with Crippen molar-refractivity contribution >= 4 is 21.4 Å². The summed E-state index contributed by atoms with van der Waals surface area (Å²) in [6.45, 7) is 1.85. The standard InChI is InChI=1S/C14H22N2O2S2/c17-20(18,10-11-3-2-7-15-9-11)16-13-4-1-5-14-12(13)6-8-19-14/h6,8,11,13,15-16H,1-5,7,9-10H2. The van der Waals surface area contributed by atoms with Gasteiger partial charge in [-0.3, -0.25) is 0 Å². The first-order chi connectivity index (χ1) is 9.64. The van der Waals surface area contributed by atoms with Gasteiger partial charge in [0.05, 0.1) is 5.75 Å². The lowest BCUT2D eigenvalue weighted by molar-refractivity contribution is 0.400. The maximum absolute atomic E-state index is 12.4.